The van der Waals surface area contributed by atoms with Gasteiger partial charge < -0.3 is 25.0 Å². The molecule has 1 aromatic carbocycles. The second-order valence-corrected chi connectivity index (χ2v) is 7.79. The van der Waals surface area contributed by atoms with Crippen molar-refractivity contribution in [3.8, 4) is 0 Å². The molecule has 154 valence electrons. The number of piperidine rings is 1. The van der Waals surface area contributed by atoms with E-state index >= 15 is 0 Å². The van der Waals surface area contributed by atoms with E-state index in [0.29, 0.717) is 18.2 Å². The normalized spacial score (nSPS) is 21.6. The molecule has 2 fully saturated rings. The molecule has 8 heteroatoms. The SMILES string of the molecule is CN(C)c1ccc(N([O-])O)cc1C(=O)OCC(=O)N1CCC[C@@H]2CCCC[C@H]21. The van der Waals surface area contributed by atoms with E-state index in [1.54, 1.807) is 25.1 Å². The number of likely N-dealkylation sites (tertiary alicyclic amines) is 1. The Morgan fingerprint density at radius 2 is 1.93 bits per heavy atom. The molecule has 0 spiro atoms. The van der Waals surface area contributed by atoms with Gasteiger partial charge in [0.15, 0.2) is 6.61 Å². The smallest absolute Gasteiger partial charge is 0.340 e. The molecule has 0 unspecified atom stereocenters. The second kappa shape index (κ2) is 8.79. The molecule has 1 heterocycles. The summed E-state index contributed by atoms with van der Waals surface area (Å²) in [6, 6.07) is 4.47. The third-order valence-corrected chi connectivity index (χ3v) is 5.79. The van der Waals surface area contributed by atoms with Crippen LogP contribution in [0.1, 0.15) is 48.9 Å². The molecule has 3 rings (SSSR count). The van der Waals surface area contributed by atoms with Gasteiger partial charge in [0.2, 0.25) is 0 Å². The Balaban J connectivity index is 1.68. The molecule has 1 aliphatic carbocycles. The summed E-state index contributed by atoms with van der Waals surface area (Å²) < 4.78 is 5.29. The molecule has 1 aromatic rings. The zero-order valence-electron chi connectivity index (χ0n) is 16.5. The van der Waals surface area contributed by atoms with Crippen molar-refractivity contribution < 1.29 is 19.5 Å². The monoisotopic (exact) mass is 390 g/mol. The molecule has 2 atom stereocenters. The van der Waals surface area contributed by atoms with Gasteiger partial charge in [0.25, 0.3) is 5.91 Å². The number of carbonyl (C=O) groups is 2. The highest BCUT2D eigenvalue weighted by atomic mass is 16.8. The molecule has 0 aromatic heterocycles. The summed E-state index contributed by atoms with van der Waals surface area (Å²) in [6.45, 7) is 0.394. The Morgan fingerprint density at radius 1 is 1.21 bits per heavy atom. The molecule has 1 N–H and O–H groups in total. The van der Waals surface area contributed by atoms with Crippen molar-refractivity contribution in [2.24, 2.45) is 5.92 Å². The summed E-state index contributed by atoms with van der Waals surface area (Å²) in [6.07, 6.45) is 6.71. The van der Waals surface area contributed by atoms with Gasteiger partial charge in [-0.05, 0) is 49.8 Å². The first-order chi connectivity index (χ1) is 13.4. The topological polar surface area (TPSA) is 96.4 Å². The highest BCUT2D eigenvalue weighted by Gasteiger charge is 2.35. The minimum Gasteiger partial charge on any atom is -0.733 e. The third-order valence-electron chi connectivity index (χ3n) is 5.79. The fourth-order valence-corrected chi connectivity index (χ4v) is 4.42. The Bertz CT molecular complexity index is 720. The fraction of sp³-hybridized carbons (Fsp3) is 0.600. The van der Waals surface area contributed by atoms with E-state index in [2.05, 4.69) is 0 Å². The predicted molar refractivity (Wildman–Crippen MR) is 105 cm³/mol. The highest BCUT2D eigenvalue weighted by Crippen LogP contribution is 2.35. The van der Waals surface area contributed by atoms with E-state index in [1.165, 1.54) is 31.4 Å². The first-order valence-electron chi connectivity index (χ1n) is 9.82. The number of benzene rings is 1. The number of esters is 1. The molecule has 1 amide bonds. The van der Waals surface area contributed by atoms with E-state index in [1.807, 2.05) is 4.90 Å². The van der Waals surface area contributed by atoms with Crippen LogP contribution in [-0.4, -0.2) is 55.3 Å². The Labute approximate surface area is 165 Å². The van der Waals surface area contributed by atoms with Crippen LogP contribution < -0.4 is 10.1 Å². The van der Waals surface area contributed by atoms with Gasteiger partial charge in [-0.1, -0.05) is 12.8 Å². The lowest BCUT2D eigenvalue weighted by molar-refractivity contribution is -0.140. The highest BCUT2D eigenvalue weighted by molar-refractivity contribution is 5.98. The van der Waals surface area contributed by atoms with Gasteiger partial charge in [0.05, 0.1) is 16.9 Å². The Morgan fingerprint density at radius 3 is 2.64 bits per heavy atom. The number of hydrogen-bond donors (Lipinski definition) is 1. The molecule has 2 aliphatic rings. The molecule has 28 heavy (non-hydrogen) atoms. The zero-order chi connectivity index (χ0) is 20.3. The second-order valence-electron chi connectivity index (χ2n) is 7.79. The number of amides is 1. The van der Waals surface area contributed by atoms with E-state index < -0.39 is 5.97 Å². The lowest BCUT2D eigenvalue weighted by Gasteiger charge is -2.44. The van der Waals surface area contributed by atoms with Gasteiger partial charge in [-0.2, -0.15) is 0 Å². The van der Waals surface area contributed by atoms with Gasteiger partial charge in [0, 0.05) is 26.7 Å². The maximum Gasteiger partial charge on any atom is 0.340 e. The van der Waals surface area contributed by atoms with Crippen LogP contribution in [0.25, 0.3) is 0 Å². The molecule has 1 saturated heterocycles. The first kappa shape index (κ1) is 20.4. The van der Waals surface area contributed by atoms with Gasteiger partial charge in [0.1, 0.15) is 0 Å². The van der Waals surface area contributed by atoms with Crippen molar-refractivity contribution in [3.05, 3.63) is 29.0 Å². The van der Waals surface area contributed by atoms with Gasteiger partial charge in [-0.15, -0.1) is 0 Å². The minimum absolute atomic E-state index is 0.0787. The molecule has 1 aliphatic heterocycles. The molecule has 8 nitrogen and oxygen atoms in total. The van der Waals surface area contributed by atoms with Crippen LogP contribution in [0.2, 0.25) is 0 Å². The van der Waals surface area contributed by atoms with E-state index in [-0.39, 0.29) is 35.0 Å². The predicted octanol–water partition coefficient (Wildman–Crippen LogP) is 2.78. The van der Waals surface area contributed by atoms with Crippen LogP contribution in [0.4, 0.5) is 11.4 Å². The average Bonchev–Trinajstić information content (AvgIpc) is 2.70. The van der Waals surface area contributed by atoms with E-state index in [4.69, 9.17) is 9.94 Å². The van der Waals surface area contributed by atoms with Crippen LogP contribution in [0.5, 0.6) is 0 Å². The van der Waals surface area contributed by atoms with Gasteiger partial charge in [-0.25, -0.2) is 4.79 Å². The van der Waals surface area contributed by atoms with Crippen molar-refractivity contribution >= 4 is 23.3 Å². The maximum absolute atomic E-state index is 12.7. The van der Waals surface area contributed by atoms with Gasteiger partial charge >= 0.3 is 5.97 Å². The number of ether oxygens (including phenoxy) is 1. The molecule has 1 saturated carbocycles. The van der Waals surface area contributed by atoms with E-state index in [0.717, 1.165) is 19.3 Å². The lowest BCUT2D eigenvalue weighted by Crippen LogP contribution is -2.50. The average molecular weight is 390 g/mol. The van der Waals surface area contributed by atoms with Crippen molar-refractivity contribution in [3.63, 3.8) is 0 Å². The number of fused-ring (bicyclic) bond motifs is 1. The zero-order valence-corrected chi connectivity index (χ0v) is 16.5. The molecular formula is C20H28N3O5-. The molecule has 0 bridgehead atoms. The first-order valence-corrected chi connectivity index (χ1v) is 9.82. The van der Waals surface area contributed by atoms with Crippen molar-refractivity contribution in [2.75, 3.05) is 37.4 Å². The minimum atomic E-state index is -0.696. The summed E-state index contributed by atoms with van der Waals surface area (Å²) in [5.74, 6) is -0.301. The summed E-state index contributed by atoms with van der Waals surface area (Å²) in [5, 5.41) is 20.0. The summed E-state index contributed by atoms with van der Waals surface area (Å²) in [5.41, 5.74) is 0.581. The number of carbonyl (C=O) groups excluding carboxylic acids is 2. The quantitative estimate of drug-likeness (QED) is 0.610. The third kappa shape index (κ3) is 4.39. The number of anilines is 2. The summed E-state index contributed by atoms with van der Waals surface area (Å²) >= 11 is 0. The number of rotatable bonds is 5. The van der Waals surface area contributed by atoms with Crippen molar-refractivity contribution in [1.29, 1.82) is 0 Å². The summed E-state index contributed by atoms with van der Waals surface area (Å²) in [7, 11) is 3.50. The van der Waals surface area contributed by atoms with Crippen molar-refractivity contribution in [1.82, 2.24) is 4.90 Å². The largest absolute Gasteiger partial charge is 0.733 e. The Kier molecular flexibility index (Phi) is 6.41. The van der Waals surface area contributed by atoms with Crippen LogP contribution in [-0.2, 0) is 9.53 Å². The molecule has 0 radical (unpaired) electrons. The number of nitrogens with zero attached hydrogens (tertiary/aromatic N) is 3. The van der Waals surface area contributed by atoms with Crippen molar-refractivity contribution in [2.45, 2.75) is 44.6 Å². The fourth-order valence-electron chi connectivity index (χ4n) is 4.42. The maximum atomic E-state index is 12.7. The summed E-state index contributed by atoms with van der Waals surface area (Å²) in [4.78, 5) is 28.9. The van der Waals surface area contributed by atoms with Gasteiger partial charge in [-0.3, -0.25) is 10.0 Å². The van der Waals surface area contributed by atoms with Crippen LogP contribution >= 0.6 is 0 Å². The lowest BCUT2D eigenvalue weighted by atomic mass is 9.78. The Hall–Kier alpha value is -2.32. The van der Waals surface area contributed by atoms with Crippen LogP contribution in [0.3, 0.4) is 0 Å². The van der Waals surface area contributed by atoms with Crippen LogP contribution in [0.15, 0.2) is 18.2 Å². The standard InChI is InChI=1S/C20H28N3O5/c1-21(2)18-10-9-15(23(26)27)12-16(18)20(25)28-13-19(24)22-11-5-7-14-6-3-4-8-17(14)22/h9-10,12,14,17,26H,3-8,11,13H2,1-2H3/q-1/t14-,17+/m0/s1. The number of hydrogen-bond acceptors (Lipinski definition) is 7. The van der Waals surface area contributed by atoms with E-state index in [9.17, 15) is 14.8 Å². The molecular weight excluding hydrogens is 362 g/mol. The van der Waals surface area contributed by atoms with Crippen LogP contribution in [0, 0.1) is 11.1 Å².